The van der Waals surface area contributed by atoms with Crippen molar-refractivity contribution in [1.29, 1.82) is 5.26 Å². The second-order valence-electron chi connectivity index (χ2n) is 4.34. The Hall–Kier alpha value is -1.56. The van der Waals surface area contributed by atoms with Gasteiger partial charge in [0.1, 0.15) is 17.6 Å². The summed E-state index contributed by atoms with van der Waals surface area (Å²) in [4.78, 5) is 0. The maximum Gasteiger partial charge on any atom is 0.174 e. The summed E-state index contributed by atoms with van der Waals surface area (Å²) in [6.07, 6.45) is 0. The van der Waals surface area contributed by atoms with Crippen molar-refractivity contribution in [2.24, 2.45) is 0 Å². The van der Waals surface area contributed by atoms with Crippen LogP contribution in [0.4, 0.5) is 4.39 Å². The Kier molecular flexibility index (Phi) is 3.31. The lowest BCUT2D eigenvalue weighted by molar-refractivity contribution is 0.364. The molecule has 80 valence electrons. The summed E-state index contributed by atoms with van der Waals surface area (Å²) >= 11 is 0. The summed E-state index contributed by atoms with van der Waals surface area (Å²) in [5, 5.41) is 8.31. The third-order valence-electron chi connectivity index (χ3n) is 2.05. The van der Waals surface area contributed by atoms with E-state index in [1.807, 2.05) is 26.8 Å². The normalized spacial score (nSPS) is 10.9. The minimum absolute atomic E-state index is 0.0612. The third kappa shape index (κ3) is 2.95. The molecule has 3 heteroatoms. The van der Waals surface area contributed by atoms with Gasteiger partial charge in [-0.15, -0.1) is 0 Å². The van der Waals surface area contributed by atoms with E-state index in [9.17, 15) is 4.39 Å². The number of ether oxygens (including phenoxy) is 1. The molecular formula is C12H14FNO. The number of nitrogens with zero attached hydrogens (tertiary/aromatic N) is 1. The summed E-state index contributed by atoms with van der Waals surface area (Å²) in [6.45, 7) is 5.78. The van der Waals surface area contributed by atoms with Crippen molar-refractivity contribution in [3.63, 3.8) is 0 Å². The molecule has 1 aromatic rings. The van der Waals surface area contributed by atoms with Crippen LogP contribution in [-0.2, 0) is 5.41 Å². The fourth-order valence-corrected chi connectivity index (χ4v) is 1.31. The molecule has 0 heterocycles. The van der Waals surface area contributed by atoms with Gasteiger partial charge in [-0.2, -0.15) is 5.26 Å². The Labute approximate surface area is 89.3 Å². The molecule has 0 atom stereocenters. The van der Waals surface area contributed by atoms with Gasteiger partial charge in [-0.05, 0) is 17.0 Å². The summed E-state index contributed by atoms with van der Waals surface area (Å²) < 4.78 is 18.6. The molecule has 15 heavy (non-hydrogen) atoms. The van der Waals surface area contributed by atoms with Gasteiger partial charge in [0.2, 0.25) is 0 Å². The molecule has 0 aliphatic carbocycles. The Bertz CT molecular complexity index is 388. The van der Waals surface area contributed by atoms with Crippen molar-refractivity contribution >= 4 is 0 Å². The zero-order chi connectivity index (χ0) is 11.5. The van der Waals surface area contributed by atoms with Crippen LogP contribution < -0.4 is 4.74 Å². The van der Waals surface area contributed by atoms with Gasteiger partial charge in [-0.3, -0.25) is 0 Å². The van der Waals surface area contributed by atoms with E-state index in [1.54, 1.807) is 12.1 Å². The Morgan fingerprint density at radius 1 is 1.40 bits per heavy atom. The largest absolute Gasteiger partial charge is 0.479 e. The van der Waals surface area contributed by atoms with E-state index in [0.29, 0.717) is 11.3 Å². The van der Waals surface area contributed by atoms with Crippen molar-refractivity contribution in [3.8, 4) is 11.8 Å². The molecule has 0 N–H and O–H groups in total. The third-order valence-corrected chi connectivity index (χ3v) is 2.05. The SMILES string of the molecule is CC(C)(C)c1ccc(OCC#N)cc1F. The van der Waals surface area contributed by atoms with E-state index in [0.717, 1.165) is 0 Å². The Morgan fingerprint density at radius 3 is 2.53 bits per heavy atom. The topological polar surface area (TPSA) is 33.0 Å². The van der Waals surface area contributed by atoms with Crippen molar-refractivity contribution < 1.29 is 9.13 Å². The summed E-state index contributed by atoms with van der Waals surface area (Å²) in [6, 6.07) is 6.53. The molecule has 0 radical (unpaired) electrons. The van der Waals surface area contributed by atoms with Gasteiger partial charge in [0.25, 0.3) is 0 Å². The number of benzene rings is 1. The van der Waals surface area contributed by atoms with E-state index in [4.69, 9.17) is 10.00 Å². The highest BCUT2D eigenvalue weighted by molar-refractivity contribution is 5.32. The lowest BCUT2D eigenvalue weighted by Crippen LogP contribution is -2.13. The van der Waals surface area contributed by atoms with Crippen molar-refractivity contribution in [3.05, 3.63) is 29.6 Å². The number of nitriles is 1. The average Bonchev–Trinajstić information content (AvgIpc) is 2.12. The predicted octanol–water partition coefficient (Wildman–Crippen LogP) is 3.03. The molecule has 0 unspecified atom stereocenters. The predicted molar refractivity (Wildman–Crippen MR) is 56.2 cm³/mol. The quantitative estimate of drug-likeness (QED) is 0.746. The molecule has 2 nitrogen and oxygen atoms in total. The first-order chi connectivity index (χ1) is 6.95. The van der Waals surface area contributed by atoms with Crippen LogP contribution in [0, 0.1) is 17.1 Å². The van der Waals surface area contributed by atoms with Crippen LogP contribution in [0.15, 0.2) is 18.2 Å². The number of hydrogen-bond donors (Lipinski definition) is 0. The van der Waals surface area contributed by atoms with Gasteiger partial charge < -0.3 is 4.74 Å². The van der Waals surface area contributed by atoms with Crippen LogP contribution in [0.2, 0.25) is 0 Å². The molecule has 0 fully saturated rings. The molecule has 0 aromatic heterocycles. The van der Waals surface area contributed by atoms with Crippen molar-refractivity contribution in [1.82, 2.24) is 0 Å². The summed E-state index contributed by atoms with van der Waals surface area (Å²) in [5.74, 6) is 0.0972. The lowest BCUT2D eigenvalue weighted by Gasteiger charge is -2.20. The highest BCUT2D eigenvalue weighted by atomic mass is 19.1. The van der Waals surface area contributed by atoms with Crippen LogP contribution in [0.1, 0.15) is 26.3 Å². The van der Waals surface area contributed by atoms with Crippen LogP contribution in [0.5, 0.6) is 5.75 Å². The Balaban J connectivity index is 2.94. The first-order valence-electron chi connectivity index (χ1n) is 4.75. The highest BCUT2D eigenvalue weighted by Gasteiger charge is 2.18. The number of hydrogen-bond acceptors (Lipinski definition) is 2. The number of halogens is 1. The fourth-order valence-electron chi connectivity index (χ4n) is 1.31. The second kappa shape index (κ2) is 4.31. The maximum atomic E-state index is 13.6. The van der Waals surface area contributed by atoms with Crippen LogP contribution in [-0.4, -0.2) is 6.61 Å². The molecule has 0 spiro atoms. The highest BCUT2D eigenvalue weighted by Crippen LogP contribution is 2.27. The van der Waals surface area contributed by atoms with Gasteiger partial charge >= 0.3 is 0 Å². The van der Waals surface area contributed by atoms with Gasteiger partial charge in [0, 0.05) is 6.07 Å². The van der Waals surface area contributed by atoms with Gasteiger partial charge in [-0.25, -0.2) is 4.39 Å². The first-order valence-corrected chi connectivity index (χ1v) is 4.75. The molecule has 0 amide bonds. The van der Waals surface area contributed by atoms with Crippen LogP contribution in [0.25, 0.3) is 0 Å². The maximum absolute atomic E-state index is 13.6. The standard InChI is InChI=1S/C12H14FNO/c1-12(2,3)10-5-4-9(8-11(10)13)15-7-6-14/h4-5,8H,7H2,1-3H3. The fraction of sp³-hybridized carbons (Fsp3) is 0.417. The monoisotopic (exact) mass is 207 g/mol. The van der Waals surface area contributed by atoms with Crippen LogP contribution in [0.3, 0.4) is 0 Å². The first kappa shape index (κ1) is 11.5. The molecule has 0 saturated carbocycles. The van der Waals surface area contributed by atoms with E-state index >= 15 is 0 Å². The van der Waals surface area contributed by atoms with E-state index in [1.165, 1.54) is 6.07 Å². The minimum Gasteiger partial charge on any atom is -0.479 e. The van der Waals surface area contributed by atoms with Gasteiger partial charge in [-0.1, -0.05) is 26.8 Å². The van der Waals surface area contributed by atoms with Crippen molar-refractivity contribution in [2.45, 2.75) is 26.2 Å². The number of rotatable bonds is 2. The van der Waals surface area contributed by atoms with E-state index in [-0.39, 0.29) is 17.8 Å². The molecule has 0 saturated heterocycles. The summed E-state index contributed by atoms with van der Waals surface area (Å²) in [7, 11) is 0. The molecule has 1 aromatic carbocycles. The molecule has 0 aliphatic heterocycles. The van der Waals surface area contributed by atoms with Gasteiger partial charge in [0.15, 0.2) is 6.61 Å². The van der Waals surface area contributed by atoms with Crippen LogP contribution >= 0.6 is 0 Å². The average molecular weight is 207 g/mol. The molecule has 1 rings (SSSR count). The zero-order valence-electron chi connectivity index (χ0n) is 9.17. The minimum atomic E-state index is -0.294. The smallest absolute Gasteiger partial charge is 0.174 e. The molecule has 0 bridgehead atoms. The Morgan fingerprint density at radius 2 is 2.07 bits per heavy atom. The summed E-state index contributed by atoms with van der Waals surface area (Å²) in [5.41, 5.74) is 0.421. The lowest BCUT2D eigenvalue weighted by atomic mass is 9.87. The van der Waals surface area contributed by atoms with Crippen molar-refractivity contribution in [2.75, 3.05) is 6.61 Å². The molecular weight excluding hydrogens is 193 g/mol. The van der Waals surface area contributed by atoms with Gasteiger partial charge in [0.05, 0.1) is 0 Å². The second-order valence-corrected chi connectivity index (χ2v) is 4.34. The molecule has 0 aliphatic rings. The zero-order valence-corrected chi connectivity index (χ0v) is 9.17. The van der Waals surface area contributed by atoms with E-state index < -0.39 is 0 Å². The van der Waals surface area contributed by atoms with E-state index in [2.05, 4.69) is 0 Å².